The van der Waals surface area contributed by atoms with Crippen LogP contribution in [0, 0.1) is 0 Å². The number of nitrogens with one attached hydrogen (secondary N) is 1. The fourth-order valence-electron chi connectivity index (χ4n) is 2.79. The molecule has 7 nitrogen and oxygen atoms in total. The Morgan fingerprint density at radius 2 is 1.88 bits per heavy atom. The Hall–Kier alpha value is -2.09. The Morgan fingerprint density at radius 1 is 1.28 bits per heavy atom. The van der Waals surface area contributed by atoms with Crippen LogP contribution in [-0.4, -0.2) is 38.9 Å². The standard InChI is InChI=1S/C17H25N3O4S/c1-4-24-16-11-9-15(10-12-16)20(25(3,22)23)13(2)17(21)19-18-14-7-5-6-8-14/h9-13H,4-8H2,1-3H3,(H,19,21)/t13-/m1/s1. The van der Waals surface area contributed by atoms with Gasteiger partial charge in [-0.1, -0.05) is 0 Å². The SMILES string of the molecule is CCOc1ccc(N([C@H](C)C(=O)NN=C2CCCC2)S(C)(=O)=O)cc1. The van der Waals surface area contributed by atoms with Crippen molar-refractivity contribution >= 4 is 27.3 Å². The van der Waals surface area contributed by atoms with Gasteiger partial charge in [0.2, 0.25) is 10.0 Å². The van der Waals surface area contributed by atoms with E-state index < -0.39 is 22.0 Å². The van der Waals surface area contributed by atoms with E-state index in [0.29, 0.717) is 18.0 Å². The van der Waals surface area contributed by atoms with Crippen LogP contribution in [0.25, 0.3) is 0 Å². The molecule has 8 heteroatoms. The summed E-state index contributed by atoms with van der Waals surface area (Å²) >= 11 is 0. The van der Waals surface area contributed by atoms with Crippen molar-refractivity contribution in [2.45, 2.75) is 45.6 Å². The number of carbonyl (C=O) groups is 1. The number of sulfonamides is 1. The van der Waals surface area contributed by atoms with E-state index in [1.165, 1.54) is 0 Å². The number of amides is 1. The Kier molecular flexibility index (Phi) is 6.41. The van der Waals surface area contributed by atoms with E-state index in [1.54, 1.807) is 31.2 Å². The molecule has 0 unspecified atom stereocenters. The predicted molar refractivity (Wildman–Crippen MR) is 98.4 cm³/mol. The largest absolute Gasteiger partial charge is 0.494 e. The van der Waals surface area contributed by atoms with Crippen molar-refractivity contribution < 1.29 is 17.9 Å². The van der Waals surface area contributed by atoms with Crippen LogP contribution >= 0.6 is 0 Å². The van der Waals surface area contributed by atoms with Crippen molar-refractivity contribution in [3.05, 3.63) is 24.3 Å². The summed E-state index contributed by atoms with van der Waals surface area (Å²) in [6.45, 7) is 3.94. The van der Waals surface area contributed by atoms with Gasteiger partial charge in [-0.15, -0.1) is 0 Å². The summed E-state index contributed by atoms with van der Waals surface area (Å²) in [6.07, 6.45) is 4.99. The first-order valence-electron chi connectivity index (χ1n) is 8.40. The molecule has 0 aromatic heterocycles. The van der Waals surface area contributed by atoms with E-state index in [4.69, 9.17) is 4.74 Å². The van der Waals surface area contributed by atoms with Gasteiger partial charge in [-0.05, 0) is 63.8 Å². The zero-order valence-corrected chi connectivity index (χ0v) is 15.7. The molecule has 1 atom stereocenters. The quantitative estimate of drug-likeness (QED) is 0.749. The second kappa shape index (κ2) is 8.33. The molecule has 2 rings (SSSR count). The monoisotopic (exact) mass is 367 g/mol. The molecule has 1 fully saturated rings. The highest BCUT2D eigenvalue weighted by Gasteiger charge is 2.29. The van der Waals surface area contributed by atoms with E-state index in [1.807, 2.05) is 6.92 Å². The maximum Gasteiger partial charge on any atom is 0.263 e. The Morgan fingerprint density at radius 3 is 2.40 bits per heavy atom. The van der Waals surface area contributed by atoms with Crippen LogP contribution in [0.5, 0.6) is 5.75 Å². The van der Waals surface area contributed by atoms with Crippen LogP contribution in [0.1, 0.15) is 39.5 Å². The number of carbonyl (C=O) groups excluding carboxylic acids is 1. The summed E-state index contributed by atoms with van der Waals surface area (Å²) in [4.78, 5) is 12.4. The zero-order chi connectivity index (χ0) is 18.4. The van der Waals surface area contributed by atoms with Gasteiger partial charge in [0, 0.05) is 5.71 Å². The molecular weight excluding hydrogens is 342 g/mol. The van der Waals surface area contributed by atoms with Gasteiger partial charge in [0.05, 0.1) is 18.6 Å². The third-order valence-electron chi connectivity index (χ3n) is 4.00. The van der Waals surface area contributed by atoms with Crippen molar-refractivity contribution in [2.75, 3.05) is 17.2 Å². The molecule has 1 N–H and O–H groups in total. The summed E-state index contributed by atoms with van der Waals surface area (Å²) in [5.41, 5.74) is 3.85. The maximum atomic E-state index is 12.4. The zero-order valence-electron chi connectivity index (χ0n) is 14.9. The average molecular weight is 367 g/mol. The minimum Gasteiger partial charge on any atom is -0.494 e. The second-order valence-corrected chi connectivity index (χ2v) is 7.88. The Bertz CT molecular complexity index is 721. The van der Waals surface area contributed by atoms with Crippen molar-refractivity contribution in [2.24, 2.45) is 5.10 Å². The number of anilines is 1. The Balaban J connectivity index is 2.18. The highest BCUT2D eigenvalue weighted by Crippen LogP contribution is 2.24. The van der Waals surface area contributed by atoms with E-state index in [2.05, 4.69) is 10.5 Å². The van der Waals surface area contributed by atoms with Gasteiger partial charge < -0.3 is 4.74 Å². The maximum absolute atomic E-state index is 12.4. The van der Waals surface area contributed by atoms with Crippen molar-refractivity contribution in [1.29, 1.82) is 0 Å². The summed E-state index contributed by atoms with van der Waals surface area (Å²) in [7, 11) is -3.64. The van der Waals surface area contributed by atoms with Crippen molar-refractivity contribution in [3.8, 4) is 5.75 Å². The lowest BCUT2D eigenvalue weighted by Crippen LogP contribution is -2.46. The number of hydrogen-bond acceptors (Lipinski definition) is 5. The molecule has 0 bridgehead atoms. The minimum absolute atomic E-state index is 0.405. The van der Waals surface area contributed by atoms with E-state index >= 15 is 0 Å². The Labute approximate surface area is 149 Å². The van der Waals surface area contributed by atoms with Crippen LogP contribution in [-0.2, 0) is 14.8 Å². The molecule has 1 aromatic carbocycles. The first-order chi connectivity index (χ1) is 11.8. The number of nitrogens with zero attached hydrogens (tertiary/aromatic N) is 2. The summed E-state index contributed by atoms with van der Waals surface area (Å²) in [5.74, 6) is 0.183. The molecule has 1 aliphatic carbocycles. The summed E-state index contributed by atoms with van der Waals surface area (Å²) in [5, 5.41) is 4.12. The first kappa shape index (κ1) is 19.2. The number of benzene rings is 1. The van der Waals surface area contributed by atoms with E-state index in [9.17, 15) is 13.2 Å². The molecular formula is C17H25N3O4S. The lowest BCUT2D eigenvalue weighted by atomic mass is 10.2. The molecule has 1 amide bonds. The van der Waals surface area contributed by atoms with Crippen LogP contribution in [0.15, 0.2) is 29.4 Å². The van der Waals surface area contributed by atoms with Crippen LogP contribution in [0.3, 0.4) is 0 Å². The van der Waals surface area contributed by atoms with Crippen LogP contribution in [0.2, 0.25) is 0 Å². The number of rotatable bonds is 7. The van der Waals surface area contributed by atoms with Crippen LogP contribution < -0.4 is 14.5 Å². The van der Waals surface area contributed by atoms with Gasteiger partial charge in [-0.2, -0.15) is 5.10 Å². The minimum atomic E-state index is -3.64. The lowest BCUT2D eigenvalue weighted by molar-refractivity contribution is -0.121. The highest BCUT2D eigenvalue weighted by molar-refractivity contribution is 7.92. The number of hydrazone groups is 1. The van der Waals surface area contributed by atoms with Gasteiger partial charge in [0.1, 0.15) is 11.8 Å². The van der Waals surface area contributed by atoms with Crippen molar-refractivity contribution in [1.82, 2.24) is 5.43 Å². The third kappa shape index (κ3) is 5.19. The normalized spacial score (nSPS) is 15.6. The molecule has 0 heterocycles. The van der Waals surface area contributed by atoms with E-state index in [-0.39, 0.29) is 0 Å². The molecule has 0 aliphatic heterocycles. The fraction of sp³-hybridized carbons (Fsp3) is 0.529. The first-order valence-corrected chi connectivity index (χ1v) is 10.3. The summed E-state index contributed by atoms with van der Waals surface area (Å²) < 4.78 is 30.9. The second-order valence-electron chi connectivity index (χ2n) is 6.02. The molecule has 0 radical (unpaired) electrons. The molecule has 0 saturated heterocycles. The van der Waals surface area contributed by atoms with Crippen LogP contribution in [0.4, 0.5) is 5.69 Å². The van der Waals surface area contributed by atoms with E-state index in [0.717, 1.165) is 42.0 Å². The molecule has 1 saturated carbocycles. The molecule has 0 spiro atoms. The van der Waals surface area contributed by atoms with Gasteiger partial charge >= 0.3 is 0 Å². The highest BCUT2D eigenvalue weighted by atomic mass is 32.2. The summed E-state index contributed by atoms with van der Waals surface area (Å²) in [6, 6.07) is 5.69. The molecule has 25 heavy (non-hydrogen) atoms. The number of hydrogen-bond donors (Lipinski definition) is 1. The smallest absolute Gasteiger partial charge is 0.263 e. The van der Waals surface area contributed by atoms with Gasteiger partial charge in [-0.25, -0.2) is 13.8 Å². The predicted octanol–water partition coefficient (Wildman–Crippen LogP) is 2.29. The fourth-order valence-corrected chi connectivity index (χ4v) is 3.96. The lowest BCUT2D eigenvalue weighted by Gasteiger charge is -2.27. The molecule has 1 aliphatic rings. The third-order valence-corrected chi connectivity index (χ3v) is 5.24. The number of ether oxygens (including phenoxy) is 1. The average Bonchev–Trinajstić information content (AvgIpc) is 3.07. The molecule has 1 aromatic rings. The molecule has 138 valence electrons. The van der Waals surface area contributed by atoms with Gasteiger partial charge in [-0.3, -0.25) is 9.10 Å². The van der Waals surface area contributed by atoms with Gasteiger partial charge in [0.15, 0.2) is 0 Å². The topological polar surface area (TPSA) is 88.1 Å². The van der Waals surface area contributed by atoms with Crippen molar-refractivity contribution in [3.63, 3.8) is 0 Å². The van der Waals surface area contributed by atoms with Gasteiger partial charge in [0.25, 0.3) is 5.91 Å².